The fourth-order valence-electron chi connectivity index (χ4n) is 4.16. The summed E-state index contributed by atoms with van der Waals surface area (Å²) in [6.45, 7) is 2.78. The maximum absolute atomic E-state index is 13.6. The Hall–Kier alpha value is -2.64. The van der Waals surface area contributed by atoms with Crippen molar-refractivity contribution >= 4 is 75.1 Å². The van der Waals surface area contributed by atoms with Crippen LogP contribution in [0.15, 0.2) is 70.6 Å². The van der Waals surface area contributed by atoms with Gasteiger partial charge in [-0.3, -0.25) is 9.69 Å². The first kappa shape index (κ1) is 30.3. The van der Waals surface area contributed by atoms with Gasteiger partial charge in [-0.1, -0.05) is 73.8 Å². The van der Waals surface area contributed by atoms with Gasteiger partial charge in [0.1, 0.15) is 0 Å². The van der Waals surface area contributed by atoms with Crippen LogP contribution < -0.4 is 14.4 Å². The number of rotatable bonds is 12. The number of carbonyl (C=O) groups is 1. The monoisotopic (exact) mass is 616 g/mol. The standard InChI is InChI=1S/C31H31Cl3N2O3S/c1-3-4-5-6-7-8-17-39-29-26(34)18-21(19-27(29)38-2)20-28-30(37)36(25-15-11-23(33)12-16-25)31(40-28)35-24-13-9-22(32)10-14-24/h9-16,18-20H,3-8,17H2,1-2H3/b28-20+,35-31?. The van der Waals surface area contributed by atoms with E-state index >= 15 is 0 Å². The van der Waals surface area contributed by atoms with Gasteiger partial charge in [-0.2, -0.15) is 0 Å². The summed E-state index contributed by atoms with van der Waals surface area (Å²) < 4.78 is 11.6. The second-order valence-electron chi connectivity index (χ2n) is 9.25. The van der Waals surface area contributed by atoms with E-state index in [9.17, 15) is 4.79 Å². The first-order valence-corrected chi connectivity index (χ1v) is 15.2. The average molecular weight is 618 g/mol. The van der Waals surface area contributed by atoms with Crippen molar-refractivity contribution < 1.29 is 14.3 Å². The lowest BCUT2D eigenvalue weighted by molar-refractivity contribution is -0.113. The van der Waals surface area contributed by atoms with Crippen LogP contribution in [0.2, 0.25) is 15.1 Å². The molecule has 0 radical (unpaired) electrons. The van der Waals surface area contributed by atoms with E-state index < -0.39 is 0 Å². The number of ether oxygens (including phenoxy) is 2. The minimum absolute atomic E-state index is 0.210. The van der Waals surface area contributed by atoms with Crippen LogP contribution >= 0.6 is 46.6 Å². The molecule has 0 aromatic heterocycles. The number of carbonyl (C=O) groups excluding carboxylic acids is 1. The number of halogens is 3. The molecule has 0 unspecified atom stereocenters. The molecule has 0 saturated carbocycles. The minimum atomic E-state index is -0.210. The van der Waals surface area contributed by atoms with Crippen molar-refractivity contribution in [2.45, 2.75) is 45.4 Å². The van der Waals surface area contributed by atoms with Crippen molar-refractivity contribution in [3.8, 4) is 11.5 Å². The van der Waals surface area contributed by atoms with Crippen molar-refractivity contribution in [1.29, 1.82) is 0 Å². The molecule has 210 valence electrons. The molecule has 3 aromatic carbocycles. The van der Waals surface area contributed by atoms with Crippen LogP contribution in [0.1, 0.15) is 51.0 Å². The van der Waals surface area contributed by atoms with Gasteiger partial charge in [-0.15, -0.1) is 0 Å². The average Bonchev–Trinajstić information content (AvgIpc) is 3.24. The molecule has 0 atom stereocenters. The first-order chi connectivity index (χ1) is 19.4. The van der Waals surface area contributed by atoms with E-state index in [0.717, 1.165) is 12.8 Å². The molecule has 5 nitrogen and oxygen atoms in total. The summed E-state index contributed by atoms with van der Waals surface area (Å²) in [5.41, 5.74) is 2.05. The van der Waals surface area contributed by atoms with E-state index in [-0.39, 0.29) is 5.91 Å². The number of hydrogen-bond acceptors (Lipinski definition) is 5. The normalized spacial score (nSPS) is 15.3. The number of benzene rings is 3. The summed E-state index contributed by atoms with van der Waals surface area (Å²) in [6.07, 6.45) is 8.81. The van der Waals surface area contributed by atoms with Crippen molar-refractivity contribution in [2.75, 3.05) is 18.6 Å². The van der Waals surface area contributed by atoms with E-state index in [4.69, 9.17) is 49.3 Å². The molecule has 0 N–H and O–H groups in total. The summed E-state index contributed by atoms with van der Waals surface area (Å²) in [4.78, 5) is 20.4. The Morgan fingerprint density at radius 3 is 2.23 bits per heavy atom. The molecule has 1 amide bonds. The molecular weight excluding hydrogens is 587 g/mol. The van der Waals surface area contributed by atoms with Crippen LogP contribution in [0.5, 0.6) is 11.5 Å². The number of thioether (sulfide) groups is 1. The molecule has 3 aromatic rings. The third-order valence-electron chi connectivity index (χ3n) is 6.24. The molecule has 1 saturated heterocycles. The Morgan fingerprint density at radius 2 is 1.55 bits per heavy atom. The SMILES string of the molecule is CCCCCCCCOc1c(Cl)cc(/C=C2/SC(=Nc3ccc(Cl)cc3)N(c3ccc(Cl)cc3)C2=O)cc1OC. The fourth-order valence-corrected chi connectivity index (χ4v) is 5.69. The molecule has 40 heavy (non-hydrogen) atoms. The maximum atomic E-state index is 13.6. The van der Waals surface area contributed by atoms with Crippen molar-refractivity contribution in [1.82, 2.24) is 0 Å². The predicted molar refractivity (Wildman–Crippen MR) is 170 cm³/mol. The molecule has 1 aliphatic heterocycles. The van der Waals surface area contributed by atoms with Crippen LogP contribution in [-0.4, -0.2) is 24.8 Å². The lowest BCUT2D eigenvalue weighted by Crippen LogP contribution is -2.28. The third-order valence-corrected chi connectivity index (χ3v) is 7.99. The van der Waals surface area contributed by atoms with E-state index in [0.29, 0.717) is 60.2 Å². The Labute approximate surface area is 255 Å². The van der Waals surface area contributed by atoms with Gasteiger partial charge in [0.2, 0.25) is 0 Å². The zero-order valence-corrected chi connectivity index (χ0v) is 25.5. The minimum Gasteiger partial charge on any atom is -0.493 e. The second-order valence-corrected chi connectivity index (χ2v) is 11.5. The highest BCUT2D eigenvalue weighted by Gasteiger charge is 2.35. The lowest BCUT2D eigenvalue weighted by Gasteiger charge is -2.15. The number of nitrogens with zero attached hydrogens (tertiary/aromatic N) is 2. The van der Waals surface area contributed by atoms with Crippen molar-refractivity contribution in [3.05, 3.63) is 86.2 Å². The van der Waals surface area contributed by atoms with Crippen LogP contribution in [0.3, 0.4) is 0 Å². The summed E-state index contributed by atoms with van der Waals surface area (Å²) in [7, 11) is 1.58. The van der Waals surface area contributed by atoms with Crippen molar-refractivity contribution in [2.24, 2.45) is 4.99 Å². The van der Waals surface area contributed by atoms with Crippen LogP contribution in [0.25, 0.3) is 6.08 Å². The number of hydrogen-bond donors (Lipinski definition) is 0. The van der Waals surface area contributed by atoms with Gasteiger partial charge in [0.05, 0.1) is 35.0 Å². The lowest BCUT2D eigenvalue weighted by atomic mass is 10.1. The topological polar surface area (TPSA) is 51.1 Å². The van der Waals surface area contributed by atoms with E-state index in [2.05, 4.69) is 6.92 Å². The Bertz CT molecular complexity index is 1380. The smallest absolute Gasteiger partial charge is 0.271 e. The maximum Gasteiger partial charge on any atom is 0.271 e. The summed E-state index contributed by atoms with van der Waals surface area (Å²) >= 11 is 20.0. The molecular formula is C31H31Cl3N2O3S. The molecule has 0 spiro atoms. The highest BCUT2D eigenvalue weighted by molar-refractivity contribution is 8.19. The summed E-state index contributed by atoms with van der Waals surface area (Å²) in [5.74, 6) is 0.821. The van der Waals surface area contributed by atoms with Gasteiger partial charge in [-0.25, -0.2) is 4.99 Å². The van der Waals surface area contributed by atoms with Gasteiger partial charge in [0.25, 0.3) is 5.91 Å². The van der Waals surface area contributed by atoms with E-state index in [1.807, 2.05) is 6.07 Å². The Balaban J connectivity index is 1.58. The molecule has 1 heterocycles. The van der Waals surface area contributed by atoms with Crippen LogP contribution in [0, 0.1) is 0 Å². The fraction of sp³-hybridized carbons (Fsp3) is 0.290. The highest BCUT2D eigenvalue weighted by atomic mass is 35.5. The van der Waals surface area contributed by atoms with Gasteiger partial charge in [0, 0.05) is 10.0 Å². The van der Waals surface area contributed by atoms with E-state index in [1.165, 1.54) is 37.4 Å². The van der Waals surface area contributed by atoms with Gasteiger partial charge < -0.3 is 9.47 Å². The molecule has 9 heteroatoms. The molecule has 0 aliphatic carbocycles. The first-order valence-electron chi connectivity index (χ1n) is 13.2. The predicted octanol–water partition coefficient (Wildman–Crippen LogP) is 10.2. The quantitative estimate of drug-likeness (QED) is 0.150. The third kappa shape index (κ3) is 7.97. The number of methoxy groups -OCH3 is 1. The number of anilines is 1. The van der Waals surface area contributed by atoms with Crippen LogP contribution in [-0.2, 0) is 4.79 Å². The summed E-state index contributed by atoms with van der Waals surface area (Å²) in [6, 6.07) is 17.8. The molecule has 4 rings (SSSR count). The zero-order valence-electron chi connectivity index (χ0n) is 22.5. The highest BCUT2D eigenvalue weighted by Crippen LogP contribution is 2.41. The number of amidine groups is 1. The second kappa shape index (κ2) is 14.8. The van der Waals surface area contributed by atoms with E-state index in [1.54, 1.807) is 72.7 Å². The van der Waals surface area contributed by atoms with Gasteiger partial charge in [0.15, 0.2) is 16.7 Å². The molecule has 1 fully saturated rings. The van der Waals surface area contributed by atoms with Gasteiger partial charge in [-0.05, 0) is 90.5 Å². The number of amides is 1. The number of aliphatic imine (C=N–C) groups is 1. The largest absolute Gasteiger partial charge is 0.493 e. The van der Waals surface area contributed by atoms with Crippen molar-refractivity contribution in [3.63, 3.8) is 0 Å². The molecule has 1 aliphatic rings. The zero-order chi connectivity index (χ0) is 28.5. The van der Waals surface area contributed by atoms with Crippen LogP contribution in [0.4, 0.5) is 11.4 Å². The number of unbranched alkanes of at least 4 members (excludes halogenated alkanes) is 5. The molecule has 0 bridgehead atoms. The Kier molecular flexibility index (Phi) is 11.2. The summed E-state index contributed by atoms with van der Waals surface area (Å²) in [5, 5.41) is 2.13. The van der Waals surface area contributed by atoms with Gasteiger partial charge >= 0.3 is 0 Å². The Morgan fingerprint density at radius 1 is 0.900 bits per heavy atom.